The second kappa shape index (κ2) is 6.44. The molecule has 1 aliphatic carbocycles. The molecular weight excluding hydrogens is 298 g/mol. The van der Waals surface area contributed by atoms with Crippen LogP contribution in [0.15, 0.2) is 22.8 Å². The molecule has 0 unspecified atom stereocenters. The first-order valence-corrected chi connectivity index (χ1v) is 8.04. The first-order chi connectivity index (χ1) is 11.1. The number of hydrogen-bond acceptors (Lipinski definition) is 4. The number of furan rings is 1. The molecule has 23 heavy (non-hydrogen) atoms. The molecular formula is C16H21N3O4. The lowest BCUT2D eigenvalue weighted by Crippen LogP contribution is -2.49. The van der Waals surface area contributed by atoms with Crippen molar-refractivity contribution in [1.29, 1.82) is 0 Å². The highest BCUT2D eigenvalue weighted by Crippen LogP contribution is 2.33. The lowest BCUT2D eigenvalue weighted by molar-refractivity contribution is -0.135. The Morgan fingerprint density at radius 3 is 2.78 bits per heavy atom. The third-order valence-electron chi connectivity index (χ3n) is 4.53. The van der Waals surface area contributed by atoms with Crippen molar-refractivity contribution in [2.45, 2.75) is 44.1 Å². The molecule has 1 saturated carbocycles. The number of hydrogen-bond donors (Lipinski definition) is 2. The molecule has 1 saturated heterocycles. The normalized spacial score (nSPS) is 19.9. The van der Waals surface area contributed by atoms with E-state index in [0.29, 0.717) is 25.8 Å². The SMILES string of the molecule is O=C(CN1C(=O)NC2(CCCCC2)C1=O)NCCc1ccco1. The zero-order chi connectivity index (χ0) is 16.3. The average molecular weight is 319 g/mol. The number of urea groups is 1. The molecule has 1 aromatic heterocycles. The van der Waals surface area contributed by atoms with Gasteiger partial charge >= 0.3 is 6.03 Å². The molecule has 0 bridgehead atoms. The zero-order valence-electron chi connectivity index (χ0n) is 13.0. The summed E-state index contributed by atoms with van der Waals surface area (Å²) >= 11 is 0. The van der Waals surface area contributed by atoms with E-state index in [-0.39, 0.29) is 18.4 Å². The van der Waals surface area contributed by atoms with Crippen LogP contribution < -0.4 is 10.6 Å². The van der Waals surface area contributed by atoms with Crippen LogP contribution in [-0.2, 0) is 16.0 Å². The highest BCUT2D eigenvalue weighted by atomic mass is 16.3. The number of carbonyl (C=O) groups excluding carboxylic acids is 3. The average Bonchev–Trinajstić information content (AvgIpc) is 3.12. The van der Waals surface area contributed by atoms with Crippen LogP contribution in [0.1, 0.15) is 37.9 Å². The van der Waals surface area contributed by atoms with Gasteiger partial charge in [-0.3, -0.25) is 14.5 Å². The van der Waals surface area contributed by atoms with Crippen LogP contribution in [0.4, 0.5) is 4.79 Å². The topological polar surface area (TPSA) is 91.7 Å². The van der Waals surface area contributed by atoms with Gasteiger partial charge in [-0.2, -0.15) is 0 Å². The fourth-order valence-corrected chi connectivity index (χ4v) is 3.29. The van der Waals surface area contributed by atoms with E-state index in [4.69, 9.17) is 4.42 Å². The zero-order valence-corrected chi connectivity index (χ0v) is 13.0. The van der Waals surface area contributed by atoms with Gasteiger partial charge in [-0.1, -0.05) is 19.3 Å². The van der Waals surface area contributed by atoms with Crippen molar-refractivity contribution in [3.63, 3.8) is 0 Å². The smallest absolute Gasteiger partial charge is 0.325 e. The van der Waals surface area contributed by atoms with E-state index in [2.05, 4.69) is 10.6 Å². The van der Waals surface area contributed by atoms with E-state index in [1.165, 1.54) is 0 Å². The van der Waals surface area contributed by atoms with Crippen LogP contribution in [0.5, 0.6) is 0 Å². The molecule has 7 heteroatoms. The summed E-state index contributed by atoms with van der Waals surface area (Å²) in [6.45, 7) is 0.172. The Hall–Kier alpha value is -2.31. The van der Waals surface area contributed by atoms with Crippen molar-refractivity contribution < 1.29 is 18.8 Å². The lowest BCUT2D eigenvalue weighted by Gasteiger charge is -2.30. The number of imide groups is 1. The minimum atomic E-state index is -0.774. The molecule has 0 radical (unpaired) electrons. The van der Waals surface area contributed by atoms with Crippen molar-refractivity contribution in [3.05, 3.63) is 24.2 Å². The first-order valence-electron chi connectivity index (χ1n) is 8.04. The van der Waals surface area contributed by atoms with Gasteiger partial charge in [-0.05, 0) is 25.0 Å². The van der Waals surface area contributed by atoms with Gasteiger partial charge in [0.1, 0.15) is 17.8 Å². The third-order valence-corrected chi connectivity index (χ3v) is 4.53. The largest absolute Gasteiger partial charge is 0.469 e. The Labute approximate surface area is 134 Å². The molecule has 4 amide bonds. The Kier molecular flexibility index (Phi) is 4.36. The number of amides is 4. The molecule has 0 aromatic carbocycles. The molecule has 2 heterocycles. The third kappa shape index (κ3) is 3.23. The van der Waals surface area contributed by atoms with Crippen LogP contribution in [-0.4, -0.2) is 41.4 Å². The fraction of sp³-hybridized carbons (Fsp3) is 0.562. The standard InChI is InChI=1S/C16H21N3O4/c20-13(17-9-6-12-5-4-10-23-12)11-19-14(21)16(18-15(19)22)7-2-1-3-8-16/h4-5,10H,1-3,6-9,11H2,(H,17,20)(H,18,22). The molecule has 2 aliphatic rings. The predicted octanol–water partition coefficient (Wildman–Crippen LogP) is 1.19. The molecule has 1 aromatic rings. The van der Waals surface area contributed by atoms with Crippen molar-refractivity contribution in [3.8, 4) is 0 Å². The molecule has 0 atom stereocenters. The number of rotatable bonds is 5. The molecule has 2 N–H and O–H groups in total. The van der Waals surface area contributed by atoms with Crippen LogP contribution >= 0.6 is 0 Å². The van der Waals surface area contributed by atoms with Gasteiger partial charge < -0.3 is 15.1 Å². The minimum Gasteiger partial charge on any atom is -0.469 e. The molecule has 7 nitrogen and oxygen atoms in total. The number of nitrogens with zero attached hydrogens (tertiary/aromatic N) is 1. The van der Waals surface area contributed by atoms with E-state index >= 15 is 0 Å². The highest BCUT2D eigenvalue weighted by molar-refractivity contribution is 6.09. The maximum atomic E-state index is 12.5. The van der Waals surface area contributed by atoms with E-state index in [1.54, 1.807) is 12.3 Å². The summed E-state index contributed by atoms with van der Waals surface area (Å²) in [5.74, 6) is 0.178. The maximum absolute atomic E-state index is 12.5. The number of carbonyl (C=O) groups is 3. The van der Waals surface area contributed by atoms with Gasteiger partial charge in [0, 0.05) is 13.0 Å². The van der Waals surface area contributed by atoms with Gasteiger partial charge in [-0.25, -0.2) is 4.79 Å². The van der Waals surface area contributed by atoms with Gasteiger partial charge in [0.05, 0.1) is 6.26 Å². The summed E-state index contributed by atoms with van der Waals surface area (Å²) in [6.07, 6.45) is 6.40. The van der Waals surface area contributed by atoms with Crippen LogP contribution in [0, 0.1) is 0 Å². The molecule has 3 rings (SSSR count). The van der Waals surface area contributed by atoms with Gasteiger partial charge in [0.15, 0.2) is 0 Å². The second-order valence-corrected chi connectivity index (χ2v) is 6.14. The van der Waals surface area contributed by atoms with Crippen molar-refractivity contribution in [2.24, 2.45) is 0 Å². The quantitative estimate of drug-likeness (QED) is 0.798. The number of nitrogens with one attached hydrogen (secondary N) is 2. The molecule has 1 aliphatic heterocycles. The lowest BCUT2D eigenvalue weighted by atomic mass is 9.82. The Balaban J connectivity index is 1.51. The molecule has 2 fully saturated rings. The van der Waals surface area contributed by atoms with E-state index in [9.17, 15) is 14.4 Å². The fourth-order valence-electron chi connectivity index (χ4n) is 3.29. The summed E-state index contributed by atoms with van der Waals surface area (Å²) in [5, 5.41) is 5.50. The monoisotopic (exact) mass is 319 g/mol. The van der Waals surface area contributed by atoms with Crippen LogP contribution in [0.3, 0.4) is 0 Å². The van der Waals surface area contributed by atoms with E-state index in [0.717, 1.165) is 29.9 Å². The van der Waals surface area contributed by atoms with Gasteiger partial charge in [0.25, 0.3) is 5.91 Å². The van der Waals surface area contributed by atoms with Gasteiger partial charge in [-0.15, -0.1) is 0 Å². The molecule has 124 valence electrons. The van der Waals surface area contributed by atoms with Gasteiger partial charge in [0.2, 0.25) is 5.91 Å². The Bertz CT molecular complexity index is 590. The maximum Gasteiger partial charge on any atom is 0.325 e. The van der Waals surface area contributed by atoms with Crippen molar-refractivity contribution >= 4 is 17.8 Å². The second-order valence-electron chi connectivity index (χ2n) is 6.14. The summed E-state index contributed by atoms with van der Waals surface area (Å²) in [7, 11) is 0. The van der Waals surface area contributed by atoms with Crippen LogP contribution in [0.25, 0.3) is 0 Å². The Morgan fingerprint density at radius 2 is 2.09 bits per heavy atom. The Morgan fingerprint density at radius 1 is 1.30 bits per heavy atom. The first kappa shape index (κ1) is 15.6. The summed E-state index contributed by atoms with van der Waals surface area (Å²) in [4.78, 5) is 37.6. The highest BCUT2D eigenvalue weighted by Gasteiger charge is 2.51. The van der Waals surface area contributed by atoms with Crippen molar-refractivity contribution in [2.75, 3.05) is 13.1 Å². The van der Waals surface area contributed by atoms with Crippen LogP contribution in [0.2, 0.25) is 0 Å². The van der Waals surface area contributed by atoms with E-state index in [1.807, 2.05) is 6.07 Å². The predicted molar refractivity (Wildman–Crippen MR) is 81.5 cm³/mol. The summed E-state index contributed by atoms with van der Waals surface area (Å²) in [6, 6.07) is 3.16. The summed E-state index contributed by atoms with van der Waals surface area (Å²) in [5.41, 5.74) is -0.774. The minimum absolute atomic E-state index is 0.232. The van der Waals surface area contributed by atoms with Crippen molar-refractivity contribution in [1.82, 2.24) is 15.5 Å². The summed E-state index contributed by atoms with van der Waals surface area (Å²) < 4.78 is 5.18. The van der Waals surface area contributed by atoms with E-state index < -0.39 is 11.6 Å². The molecule has 1 spiro atoms.